The zero-order valence-electron chi connectivity index (χ0n) is 56.7. The molecular weight excluding hydrogens is 1160 g/mol. The molecule has 0 amide bonds. The van der Waals surface area contributed by atoms with Crippen molar-refractivity contribution in [2.75, 3.05) is 39.6 Å². The Morgan fingerprint density at radius 2 is 0.614 bits per heavy atom. The summed E-state index contributed by atoms with van der Waals surface area (Å²) in [5, 5.41) is 10.6. The van der Waals surface area contributed by atoms with Gasteiger partial charge in [0.15, 0.2) is 12.2 Å². The molecule has 0 rings (SSSR count). The summed E-state index contributed by atoms with van der Waals surface area (Å²) in [6, 6.07) is 0. The summed E-state index contributed by atoms with van der Waals surface area (Å²) in [5.41, 5.74) is 0. The van der Waals surface area contributed by atoms with E-state index in [1.165, 1.54) is 103 Å². The van der Waals surface area contributed by atoms with Gasteiger partial charge < -0.3 is 33.8 Å². The highest BCUT2D eigenvalue weighted by Gasteiger charge is 2.30. The maximum absolute atomic E-state index is 13.0. The van der Waals surface area contributed by atoms with E-state index in [0.29, 0.717) is 37.5 Å². The van der Waals surface area contributed by atoms with Crippen LogP contribution in [-0.4, -0.2) is 96.7 Å². The lowest BCUT2D eigenvalue weighted by Crippen LogP contribution is -2.30. The van der Waals surface area contributed by atoms with Crippen LogP contribution >= 0.6 is 15.6 Å². The second-order valence-corrected chi connectivity index (χ2v) is 28.6. The molecular formula is C69H130O17P2. The highest BCUT2D eigenvalue weighted by Crippen LogP contribution is 2.45. The topological polar surface area (TPSA) is 237 Å². The fraction of sp³-hybridized carbons (Fsp3) is 0.884. The van der Waals surface area contributed by atoms with E-state index in [0.717, 1.165) is 121 Å². The molecule has 19 heteroatoms. The number of phosphoric acid groups is 2. The van der Waals surface area contributed by atoms with E-state index in [9.17, 15) is 43.2 Å². The Hall–Kier alpha value is -2.46. The van der Waals surface area contributed by atoms with E-state index in [4.69, 9.17) is 37.0 Å². The van der Waals surface area contributed by atoms with Crippen LogP contribution in [0.2, 0.25) is 0 Å². The molecule has 0 radical (unpaired) electrons. The number of phosphoric ester groups is 2. The lowest BCUT2D eigenvalue weighted by molar-refractivity contribution is -0.161. The first-order valence-electron chi connectivity index (χ1n) is 35.2. The summed E-state index contributed by atoms with van der Waals surface area (Å²) >= 11 is 0. The van der Waals surface area contributed by atoms with Gasteiger partial charge in [-0.2, -0.15) is 0 Å². The summed E-state index contributed by atoms with van der Waals surface area (Å²) in [7, 11) is -9.91. The van der Waals surface area contributed by atoms with Crippen LogP contribution in [0.3, 0.4) is 0 Å². The maximum Gasteiger partial charge on any atom is 0.472 e. The van der Waals surface area contributed by atoms with Gasteiger partial charge in [-0.3, -0.25) is 37.3 Å². The normalized spacial score (nSPS) is 14.4. The quantitative estimate of drug-likeness (QED) is 0.0169. The number of unbranched alkanes of at least 4 members (excludes halogenated alkanes) is 30. The van der Waals surface area contributed by atoms with Crippen molar-refractivity contribution < 1.29 is 80.2 Å². The van der Waals surface area contributed by atoms with Crippen molar-refractivity contribution in [3.8, 4) is 0 Å². The third-order valence-corrected chi connectivity index (χ3v) is 17.2. The van der Waals surface area contributed by atoms with Crippen LogP contribution in [-0.2, 0) is 65.4 Å². The Kier molecular flexibility index (Phi) is 57.9. The van der Waals surface area contributed by atoms with E-state index in [2.05, 4.69) is 72.8 Å². The van der Waals surface area contributed by atoms with Crippen molar-refractivity contribution >= 4 is 39.5 Å². The molecule has 0 aliphatic rings. The van der Waals surface area contributed by atoms with Crippen LogP contribution in [0, 0.1) is 17.8 Å². The van der Waals surface area contributed by atoms with Gasteiger partial charge in [0.25, 0.3) is 0 Å². The Bertz CT molecular complexity index is 1830. The minimum atomic E-state index is -4.96. The molecule has 0 aromatic heterocycles. The van der Waals surface area contributed by atoms with Gasteiger partial charge in [0.05, 0.1) is 26.4 Å². The summed E-state index contributed by atoms with van der Waals surface area (Å²) in [5.74, 6) is -0.0190. The van der Waals surface area contributed by atoms with Gasteiger partial charge in [0, 0.05) is 25.7 Å². The first-order valence-corrected chi connectivity index (χ1v) is 38.2. The van der Waals surface area contributed by atoms with E-state index in [1.54, 1.807) is 0 Å². The molecule has 0 saturated heterocycles. The fourth-order valence-electron chi connectivity index (χ4n) is 9.82. The lowest BCUT2D eigenvalue weighted by atomic mass is 10.0. The van der Waals surface area contributed by atoms with Gasteiger partial charge in [-0.15, -0.1) is 0 Å². The largest absolute Gasteiger partial charge is 0.472 e. The Morgan fingerprint density at radius 1 is 0.352 bits per heavy atom. The van der Waals surface area contributed by atoms with Crippen LogP contribution in [0.5, 0.6) is 0 Å². The third-order valence-electron chi connectivity index (χ3n) is 15.3. The van der Waals surface area contributed by atoms with Gasteiger partial charge in [-0.05, 0) is 69.1 Å². The number of allylic oxidation sites excluding steroid dienone is 4. The molecule has 88 heavy (non-hydrogen) atoms. The molecule has 0 aliphatic carbocycles. The molecule has 0 heterocycles. The Balaban J connectivity index is 5.27. The monoisotopic (exact) mass is 1290 g/mol. The zero-order chi connectivity index (χ0) is 65.2. The first-order chi connectivity index (χ1) is 42.2. The number of hydrogen-bond acceptors (Lipinski definition) is 15. The average Bonchev–Trinajstić information content (AvgIpc) is 3.63. The molecule has 3 N–H and O–H groups in total. The molecule has 0 saturated carbocycles. The van der Waals surface area contributed by atoms with Crippen molar-refractivity contribution in [1.29, 1.82) is 0 Å². The number of carbonyl (C=O) groups excluding carboxylic acids is 4. The highest BCUT2D eigenvalue weighted by molar-refractivity contribution is 7.47. The van der Waals surface area contributed by atoms with Crippen LogP contribution in [0.4, 0.5) is 0 Å². The van der Waals surface area contributed by atoms with Crippen molar-refractivity contribution in [1.82, 2.24) is 0 Å². The minimum Gasteiger partial charge on any atom is -0.462 e. The molecule has 2 unspecified atom stereocenters. The van der Waals surface area contributed by atoms with Crippen molar-refractivity contribution in [2.24, 2.45) is 17.8 Å². The molecule has 518 valence electrons. The van der Waals surface area contributed by atoms with Gasteiger partial charge in [-0.25, -0.2) is 9.13 Å². The maximum atomic E-state index is 13.0. The number of rotatable bonds is 65. The number of aliphatic hydroxyl groups excluding tert-OH is 1. The number of esters is 4. The molecule has 0 bridgehead atoms. The second kappa shape index (κ2) is 59.5. The summed E-state index contributed by atoms with van der Waals surface area (Å²) < 4.78 is 68.1. The number of carbonyl (C=O) groups is 4. The van der Waals surface area contributed by atoms with Crippen molar-refractivity contribution in [3.05, 3.63) is 24.3 Å². The van der Waals surface area contributed by atoms with E-state index in [1.807, 2.05) is 0 Å². The zero-order valence-corrected chi connectivity index (χ0v) is 58.5. The summed E-state index contributed by atoms with van der Waals surface area (Å²) in [6.07, 6.45) is 45.5. The standard InChI is InChI=1S/C69H130O17P2/c1-8-9-10-11-12-13-14-15-16-17-18-22-28-36-43-50-66(71)79-56-64(86-69(74)53-46-39-30-25-24-27-34-41-48-61(4)5)58-83-87(75,76)81-54-63(70)55-82-88(77,78)84-59-65(57-80-67(72)51-44-37-32-31-35-42-49-62(6)7)85-68(73)52-45-38-29-23-20-19-21-26-33-40-47-60(2)3/h13-16,60-65,70H,8-12,17-59H2,1-7H3,(H,75,76)(H,77,78)/b14-13-,16-15-/t63-,64-,65-/m1/s1. The SMILES string of the molecule is CCCCCC/C=C\C=C/CCCCCCCC(=O)OC[C@H](COP(=O)(O)OC[C@@H](O)COP(=O)(O)OC[C@@H](COC(=O)CCCCCCCCC(C)C)OC(=O)CCCCCCCCCCCCC(C)C)OC(=O)CCCCCCCCCCC(C)C. The fourth-order valence-corrected chi connectivity index (χ4v) is 11.4. The molecule has 0 aromatic carbocycles. The van der Waals surface area contributed by atoms with E-state index >= 15 is 0 Å². The van der Waals surface area contributed by atoms with Gasteiger partial charge in [-0.1, -0.05) is 265 Å². The van der Waals surface area contributed by atoms with Gasteiger partial charge in [0.2, 0.25) is 0 Å². The van der Waals surface area contributed by atoms with Crippen molar-refractivity contribution in [2.45, 2.75) is 336 Å². The summed E-state index contributed by atoms with van der Waals surface area (Å²) in [4.78, 5) is 72.4. The van der Waals surface area contributed by atoms with Crippen LogP contribution in [0.15, 0.2) is 24.3 Å². The smallest absolute Gasteiger partial charge is 0.462 e. The molecule has 0 aromatic rings. The van der Waals surface area contributed by atoms with Crippen molar-refractivity contribution in [3.63, 3.8) is 0 Å². The van der Waals surface area contributed by atoms with Crippen LogP contribution < -0.4 is 0 Å². The first kappa shape index (κ1) is 85.5. The number of ether oxygens (including phenoxy) is 4. The Labute approximate surface area is 535 Å². The minimum absolute atomic E-state index is 0.0970. The van der Waals surface area contributed by atoms with E-state index in [-0.39, 0.29) is 25.7 Å². The highest BCUT2D eigenvalue weighted by atomic mass is 31.2. The molecule has 17 nitrogen and oxygen atoms in total. The Morgan fingerprint density at radius 3 is 0.920 bits per heavy atom. The van der Waals surface area contributed by atoms with Crippen LogP contribution in [0.1, 0.15) is 318 Å². The van der Waals surface area contributed by atoms with Gasteiger partial charge in [0.1, 0.15) is 19.3 Å². The number of aliphatic hydroxyl groups is 1. The molecule has 0 aliphatic heterocycles. The predicted molar refractivity (Wildman–Crippen MR) is 354 cm³/mol. The molecule has 0 spiro atoms. The molecule has 5 atom stereocenters. The average molecular weight is 1290 g/mol. The van der Waals surface area contributed by atoms with E-state index < -0.39 is 97.5 Å². The second-order valence-electron chi connectivity index (χ2n) is 25.7. The molecule has 0 fully saturated rings. The summed E-state index contributed by atoms with van der Waals surface area (Å²) in [6.45, 7) is 11.6. The predicted octanol–water partition coefficient (Wildman–Crippen LogP) is 19.0. The van der Waals surface area contributed by atoms with Crippen LogP contribution in [0.25, 0.3) is 0 Å². The lowest BCUT2D eigenvalue weighted by Gasteiger charge is -2.21. The third kappa shape index (κ3) is 62.4. The number of hydrogen-bond donors (Lipinski definition) is 3. The van der Waals surface area contributed by atoms with Gasteiger partial charge >= 0.3 is 39.5 Å².